The van der Waals surface area contributed by atoms with Crippen LogP contribution in [0.2, 0.25) is 0 Å². The molecule has 2 heterocycles. The van der Waals surface area contributed by atoms with Gasteiger partial charge in [0.05, 0.1) is 6.61 Å². The maximum Gasteiger partial charge on any atom is 0.341 e. The highest BCUT2D eigenvalue weighted by molar-refractivity contribution is 7.80. The SMILES string of the molecule is CCOC(=O)c1c(NC(=S)NNC(=O)[C@H](C)Oc2ccc3c(c2)OCO3)sc(C)c1-c1ccccc1. The van der Waals surface area contributed by atoms with E-state index in [9.17, 15) is 9.59 Å². The Morgan fingerprint density at radius 1 is 1.11 bits per heavy atom. The third-order valence-corrected chi connectivity index (χ3v) is 6.40. The molecule has 11 heteroatoms. The molecule has 0 aliphatic carbocycles. The van der Waals surface area contributed by atoms with Gasteiger partial charge in [-0.2, -0.15) is 0 Å². The van der Waals surface area contributed by atoms with E-state index >= 15 is 0 Å². The number of benzene rings is 2. The normalized spacial score (nSPS) is 12.4. The number of anilines is 1. The van der Waals surface area contributed by atoms with Gasteiger partial charge in [0.1, 0.15) is 16.3 Å². The third kappa shape index (κ3) is 5.69. The van der Waals surface area contributed by atoms with Crippen molar-refractivity contribution >= 4 is 45.5 Å². The number of hydrogen-bond acceptors (Lipinski definition) is 8. The Hall–Kier alpha value is -3.83. The second-order valence-corrected chi connectivity index (χ2v) is 9.30. The van der Waals surface area contributed by atoms with Crippen LogP contribution < -0.4 is 30.4 Å². The van der Waals surface area contributed by atoms with Crippen LogP contribution in [-0.4, -0.2) is 36.5 Å². The molecule has 1 atom stereocenters. The van der Waals surface area contributed by atoms with E-state index in [1.54, 1.807) is 32.0 Å². The summed E-state index contributed by atoms with van der Waals surface area (Å²) >= 11 is 6.72. The van der Waals surface area contributed by atoms with Gasteiger partial charge < -0.3 is 24.3 Å². The minimum atomic E-state index is -0.829. The van der Waals surface area contributed by atoms with Gasteiger partial charge in [0, 0.05) is 16.5 Å². The first-order valence-electron chi connectivity index (χ1n) is 11.2. The number of fused-ring (bicyclic) bond motifs is 1. The number of ether oxygens (including phenoxy) is 4. The summed E-state index contributed by atoms with van der Waals surface area (Å²) < 4.78 is 21.6. The summed E-state index contributed by atoms with van der Waals surface area (Å²) in [4.78, 5) is 26.3. The molecular weight excluding hydrogens is 502 g/mol. The topological polar surface area (TPSA) is 107 Å². The first kappa shape index (κ1) is 25.3. The molecule has 0 spiro atoms. The van der Waals surface area contributed by atoms with E-state index in [-0.39, 0.29) is 18.5 Å². The van der Waals surface area contributed by atoms with Crippen LogP contribution >= 0.6 is 23.6 Å². The molecule has 0 saturated heterocycles. The maximum absolute atomic E-state index is 12.8. The Bertz CT molecular complexity index is 1280. The van der Waals surface area contributed by atoms with Crippen LogP contribution in [0.25, 0.3) is 11.1 Å². The molecular formula is C25H25N3O6S2. The van der Waals surface area contributed by atoms with Gasteiger partial charge in [0.2, 0.25) is 6.79 Å². The van der Waals surface area contributed by atoms with Gasteiger partial charge in [0.15, 0.2) is 22.7 Å². The Kier molecular flexibility index (Phi) is 7.91. The Labute approximate surface area is 217 Å². The van der Waals surface area contributed by atoms with Gasteiger partial charge in [-0.1, -0.05) is 30.3 Å². The summed E-state index contributed by atoms with van der Waals surface area (Å²) in [5.41, 5.74) is 7.23. The van der Waals surface area contributed by atoms with Crippen molar-refractivity contribution in [2.45, 2.75) is 26.9 Å². The van der Waals surface area contributed by atoms with Crippen molar-refractivity contribution in [1.29, 1.82) is 0 Å². The fraction of sp³-hybridized carbons (Fsp3) is 0.240. The molecule has 2 aromatic carbocycles. The number of hydrogen-bond donors (Lipinski definition) is 3. The average molecular weight is 528 g/mol. The molecule has 0 fully saturated rings. The smallest absolute Gasteiger partial charge is 0.341 e. The van der Waals surface area contributed by atoms with Crippen molar-refractivity contribution < 1.29 is 28.5 Å². The van der Waals surface area contributed by atoms with Gasteiger partial charge in [-0.25, -0.2) is 4.79 Å². The van der Waals surface area contributed by atoms with Crippen molar-refractivity contribution in [1.82, 2.24) is 10.9 Å². The molecule has 188 valence electrons. The molecule has 1 aliphatic heterocycles. The van der Waals surface area contributed by atoms with Crippen LogP contribution in [0.3, 0.4) is 0 Å². The van der Waals surface area contributed by atoms with Crippen molar-refractivity contribution in [2.24, 2.45) is 0 Å². The molecule has 36 heavy (non-hydrogen) atoms. The molecule has 3 N–H and O–H groups in total. The third-order valence-electron chi connectivity index (χ3n) is 5.18. The lowest BCUT2D eigenvalue weighted by molar-refractivity contribution is -0.127. The monoisotopic (exact) mass is 527 g/mol. The summed E-state index contributed by atoms with van der Waals surface area (Å²) in [6.07, 6.45) is -0.829. The second-order valence-electron chi connectivity index (χ2n) is 7.67. The predicted molar refractivity (Wildman–Crippen MR) is 141 cm³/mol. The standard InChI is InChI=1S/C25H25N3O6S2/c1-4-31-24(30)21-20(16-8-6-5-7-9-16)15(3)36-23(21)26-25(35)28-27-22(29)14(2)34-17-10-11-18-19(12-17)33-13-32-18/h5-12,14H,4,13H2,1-3H3,(H,27,29)(H2,26,28,35)/t14-/m0/s1. The number of carbonyl (C=O) groups excluding carboxylic acids is 2. The fourth-order valence-corrected chi connectivity index (χ4v) is 4.83. The van der Waals surface area contributed by atoms with Crippen LogP contribution in [-0.2, 0) is 9.53 Å². The van der Waals surface area contributed by atoms with Crippen molar-refractivity contribution in [3.05, 3.63) is 59.0 Å². The van der Waals surface area contributed by atoms with Crippen LogP contribution in [0.15, 0.2) is 48.5 Å². The number of thiophene rings is 1. The van der Waals surface area contributed by atoms with Crippen LogP contribution in [0.5, 0.6) is 17.2 Å². The Balaban J connectivity index is 1.40. The van der Waals surface area contributed by atoms with Crippen LogP contribution in [0.4, 0.5) is 5.00 Å². The average Bonchev–Trinajstić information content (AvgIpc) is 3.46. The largest absolute Gasteiger partial charge is 0.481 e. The molecule has 4 rings (SSSR count). The summed E-state index contributed by atoms with van der Waals surface area (Å²) in [5, 5.41) is 3.62. The molecule has 3 aromatic rings. The van der Waals surface area contributed by atoms with E-state index in [0.29, 0.717) is 27.8 Å². The van der Waals surface area contributed by atoms with E-state index in [1.165, 1.54) is 11.3 Å². The van der Waals surface area contributed by atoms with Crippen molar-refractivity contribution in [3.63, 3.8) is 0 Å². The molecule has 1 aromatic heterocycles. The molecule has 1 amide bonds. The molecule has 9 nitrogen and oxygen atoms in total. The highest BCUT2D eigenvalue weighted by Gasteiger charge is 2.25. The number of aryl methyl sites for hydroxylation is 1. The summed E-state index contributed by atoms with van der Waals surface area (Å²) in [6, 6.07) is 14.6. The van der Waals surface area contributed by atoms with E-state index in [0.717, 1.165) is 16.0 Å². The first-order chi connectivity index (χ1) is 17.4. The van der Waals surface area contributed by atoms with E-state index in [1.807, 2.05) is 37.3 Å². The van der Waals surface area contributed by atoms with Crippen molar-refractivity contribution in [2.75, 3.05) is 18.7 Å². The molecule has 0 radical (unpaired) electrons. The second kappa shape index (κ2) is 11.3. The number of rotatable bonds is 7. The van der Waals surface area contributed by atoms with Crippen LogP contribution in [0, 0.1) is 6.92 Å². The highest BCUT2D eigenvalue weighted by atomic mass is 32.1. The maximum atomic E-state index is 12.8. The van der Waals surface area contributed by atoms with E-state index in [2.05, 4.69) is 16.2 Å². The summed E-state index contributed by atoms with van der Waals surface area (Å²) in [7, 11) is 0. The van der Waals surface area contributed by atoms with Gasteiger partial charge in [-0.05, 0) is 50.7 Å². The number of nitrogens with one attached hydrogen (secondary N) is 3. The highest BCUT2D eigenvalue weighted by Crippen LogP contribution is 2.40. The van der Waals surface area contributed by atoms with E-state index < -0.39 is 18.0 Å². The number of carbonyl (C=O) groups is 2. The Morgan fingerprint density at radius 2 is 1.86 bits per heavy atom. The first-order valence-corrected chi connectivity index (χ1v) is 12.4. The lowest BCUT2D eigenvalue weighted by Gasteiger charge is -2.17. The van der Waals surface area contributed by atoms with Crippen molar-refractivity contribution in [3.8, 4) is 28.4 Å². The predicted octanol–water partition coefficient (Wildman–Crippen LogP) is 4.41. The lowest BCUT2D eigenvalue weighted by Crippen LogP contribution is -2.48. The quantitative estimate of drug-likeness (QED) is 0.234. The number of thiocarbonyl (C=S) groups is 1. The molecule has 1 aliphatic rings. The number of hydrazine groups is 1. The molecule has 0 bridgehead atoms. The summed E-state index contributed by atoms with van der Waals surface area (Å²) in [5.74, 6) is 0.737. The lowest BCUT2D eigenvalue weighted by atomic mass is 10.0. The number of esters is 1. The fourth-order valence-electron chi connectivity index (χ4n) is 3.55. The summed E-state index contributed by atoms with van der Waals surface area (Å²) in [6.45, 7) is 5.67. The van der Waals surface area contributed by atoms with Crippen LogP contribution in [0.1, 0.15) is 29.1 Å². The van der Waals surface area contributed by atoms with E-state index in [4.69, 9.17) is 31.2 Å². The minimum absolute atomic E-state index is 0.102. The van der Waals surface area contributed by atoms with Gasteiger partial charge >= 0.3 is 5.97 Å². The zero-order chi connectivity index (χ0) is 25.7. The zero-order valence-corrected chi connectivity index (χ0v) is 21.5. The van der Waals surface area contributed by atoms with Gasteiger partial charge in [-0.3, -0.25) is 15.6 Å². The number of amides is 1. The minimum Gasteiger partial charge on any atom is -0.481 e. The van der Waals surface area contributed by atoms with Gasteiger partial charge in [0.25, 0.3) is 5.91 Å². The zero-order valence-electron chi connectivity index (χ0n) is 19.9. The molecule has 0 unspecified atom stereocenters. The molecule has 0 saturated carbocycles. The van der Waals surface area contributed by atoms with Gasteiger partial charge in [-0.15, -0.1) is 11.3 Å². The Morgan fingerprint density at radius 3 is 2.61 bits per heavy atom.